The Bertz CT molecular complexity index is 892. The van der Waals surface area contributed by atoms with Gasteiger partial charge in [0.05, 0.1) is 11.9 Å². The number of benzene rings is 2. The van der Waals surface area contributed by atoms with Crippen LogP contribution in [0, 0.1) is 0 Å². The number of carbonyl (C=O) groups is 1. The molecule has 1 saturated carbocycles. The van der Waals surface area contributed by atoms with E-state index in [2.05, 4.69) is 20.9 Å². The van der Waals surface area contributed by atoms with Crippen molar-refractivity contribution >= 4 is 23.2 Å². The lowest BCUT2D eigenvalue weighted by Crippen LogP contribution is -2.30. The van der Waals surface area contributed by atoms with E-state index in [-0.39, 0.29) is 6.03 Å². The van der Waals surface area contributed by atoms with Gasteiger partial charge in [0, 0.05) is 11.7 Å². The van der Waals surface area contributed by atoms with Crippen LogP contribution in [-0.2, 0) is 0 Å². The molecule has 6 nitrogen and oxygen atoms in total. The van der Waals surface area contributed by atoms with Gasteiger partial charge in [0.2, 0.25) is 0 Å². The lowest BCUT2D eigenvalue weighted by molar-refractivity contribution is 0.251. The molecule has 0 bridgehead atoms. The van der Waals surface area contributed by atoms with Crippen LogP contribution in [0.2, 0.25) is 0 Å². The minimum Gasteiger partial charge on any atom is -0.457 e. The lowest BCUT2D eigenvalue weighted by atomic mass is 10.3. The van der Waals surface area contributed by atoms with E-state index in [4.69, 9.17) is 4.74 Å². The van der Waals surface area contributed by atoms with Crippen molar-refractivity contribution in [3.63, 3.8) is 0 Å². The summed E-state index contributed by atoms with van der Waals surface area (Å²) in [7, 11) is 0. The van der Waals surface area contributed by atoms with Crippen LogP contribution in [0.4, 0.5) is 22.0 Å². The number of urea groups is 1. The summed E-state index contributed by atoms with van der Waals surface area (Å²) in [5, 5.41) is 8.86. The van der Waals surface area contributed by atoms with Crippen molar-refractivity contribution in [1.29, 1.82) is 0 Å². The molecule has 27 heavy (non-hydrogen) atoms. The molecule has 1 aliphatic rings. The predicted octanol–water partition coefficient (Wildman–Crippen LogP) is 4.90. The molecule has 1 aliphatic carbocycles. The molecule has 3 aromatic rings. The van der Waals surface area contributed by atoms with E-state index in [9.17, 15) is 4.79 Å². The molecule has 0 atom stereocenters. The third kappa shape index (κ3) is 4.98. The van der Waals surface area contributed by atoms with Crippen LogP contribution in [0.1, 0.15) is 12.8 Å². The van der Waals surface area contributed by atoms with Gasteiger partial charge >= 0.3 is 6.03 Å². The van der Waals surface area contributed by atoms with Gasteiger partial charge in [-0.1, -0.05) is 18.2 Å². The van der Waals surface area contributed by atoms with E-state index in [0.29, 0.717) is 11.9 Å². The predicted molar refractivity (Wildman–Crippen MR) is 106 cm³/mol. The fraction of sp³-hybridized carbons (Fsp3) is 0.143. The summed E-state index contributed by atoms with van der Waals surface area (Å²) in [5.74, 6) is 2.09. The third-order valence-corrected chi connectivity index (χ3v) is 4.04. The second-order valence-electron chi connectivity index (χ2n) is 6.37. The molecule has 0 spiro atoms. The molecule has 136 valence electrons. The zero-order valence-corrected chi connectivity index (χ0v) is 14.7. The van der Waals surface area contributed by atoms with Crippen LogP contribution in [-0.4, -0.2) is 17.1 Å². The highest BCUT2D eigenvalue weighted by atomic mass is 16.5. The summed E-state index contributed by atoms with van der Waals surface area (Å²) in [6.07, 6.45) is 3.79. The van der Waals surface area contributed by atoms with Gasteiger partial charge in [-0.05, 0) is 61.4 Å². The fourth-order valence-electron chi connectivity index (χ4n) is 2.50. The quantitative estimate of drug-likeness (QED) is 0.584. The molecule has 1 aromatic heterocycles. The smallest absolute Gasteiger partial charge is 0.320 e. The van der Waals surface area contributed by atoms with Crippen molar-refractivity contribution in [3.05, 3.63) is 72.9 Å². The third-order valence-electron chi connectivity index (χ3n) is 4.04. The Balaban J connectivity index is 1.32. The summed E-state index contributed by atoms with van der Waals surface area (Å²) in [6, 6.07) is 21.1. The fourth-order valence-corrected chi connectivity index (χ4v) is 2.50. The molecule has 0 radical (unpaired) electrons. The summed E-state index contributed by atoms with van der Waals surface area (Å²) >= 11 is 0. The van der Waals surface area contributed by atoms with Crippen molar-refractivity contribution in [3.8, 4) is 11.5 Å². The van der Waals surface area contributed by atoms with Crippen LogP contribution in [0.15, 0.2) is 72.9 Å². The van der Waals surface area contributed by atoms with Crippen LogP contribution >= 0.6 is 0 Å². The minimum absolute atomic E-state index is 0.209. The van der Waals surface area contributed by atoms with Gasteiger partial charge in [-0.25, -0.2) is 9.78 Å². The number of ether oxygens (including phenoxy) is 1. The van der Waals surface area contributed by atoms with E-state index >= 15 is 0 Å². The Kier molecular flexibility index (Phi) is 4.87. The standard InChI is InChI=1S/C21H20N4O2/c26-21(24-16-6-7-16)25-20-13-10-17(14-22-20)23-15-8-11-19(12-9-15)27-18-4-2-1-3-5-18/h1-5,8-14,16,23H,6-7H2,(H2,22,24,25,26). The number of rotatable bonds is 6. The molecule has 6 heteroatoms. The second-order valence-corrected chi connectivity index (χ2v) is 6.37. The summed E-state index contributed by atoms with van der Waals surface area (Å²) in [5.41, 5.74) is 1.75. The molecular weight excluding hydrogens is 340 g/mol. The van der Waals surface area contributed by atoms with Crippen molar-refractivity contribution in [2.75, 3.05) is 10.6 Å². The van der Waals surface area contributed by atoms with E-state index < -0.39 is 0 Å². The Morgan fingerprint density at radius 3 is 2.26 bits per heavy atom. The Labute approximate surface area is 157 Å². The zero-order chi connectivity index (χ0) is 18.5. The van der Waals surface area contributed by atoms with Crippen LogP contribution in [0.5, 0.6) is 11.5 Å². The average molecular weight is 360 g/mol. The topological polar surface area (TPSA) is 75.3 Å². The first kappa shape index (κ1) is 16.9. The van der Waals surface area contributed by atoms with Gasteiger partial charge in [-0.2, -0.15) is 0 Å². The Morgan fingerprint density at radius 1 is 0.889 bits per heavy atom. The Morgan fingerprint density at radius 2 is 1.59 bits per heavy atom. The first-order valence-electron chi connectivity index (χ1n) is 8.88. The maximum Gasteiger partial charge on any atom is 0.320 e. The number of pyridine rings is 1. The van der Waals surface area contributed by atoms with Crippen LogP contribution < -0.4 is 20.7 Å². The van der Waals surface area contributed by atoms with Gasteiger partial charge in [0.1, 0.15) is 17.3 Å². The van der Waals surface area contributed by atoms with Crippen molar-refractivity contribution < 1.29 is 9.53 Å². The van der Waals surface area contributed by atoms with Gasteiger partial charge in [0.15, 0.2) is 0 Å². The average Bonchev–Trinajstić information content (AvgIpc) is 3.50. The van der Waals surface area contributed by atoms with Gasteiger partial charge < -0.3 is 15.4 Å². The molecular formula is C21H20N4O2. The number of para-hydroxylation sites is 1. The van der Waals surface area contributed by atoms with Gasteiger partial charge in [-0.3, -0.25) is 5.32 Å². The van der Waals surface area contributed by atoms with Crippen molar-refractivity contribution in [1.82, 2.24) is 10.3 Å². The highest BCUT2D eigenvalue weighted by molar-refractivity contribution is 5.88. The van der Waals surface area contributed by atoms with Crippen molar-refractivity contribution in [2.24, 2.45) is 0 Å². The molecule has 4 rings (SSSR count). The molecule has 2 amide bonds. The number of nitrogens with one attached hydrogen (secondary N) is 3. The number of hydrogen-bond donors (Lipinski definition) is 3. The normalized spacial score (nSPS) is 12.9. The minimum atomic E-state index is -0.209. The van der Waals surface area contributed by atoms with Crippen LogP contribution in [0.3, 0.4) is 0 Å². The van der Waals surface area contributed by atoms with E-state index in [1.54, 1.807) is 12.3 Å². The van der Waals surface area contributed by atoms with Gasteiger partial charge in [0.25, 0.3) is 0 Å². The maximum atomic E-state index is 11.7. The molecule has 0 aliphatic heterocycles. The first-order chi connectivity index (χ1) is 13.2. The highest BCUT2D eigenvalue weighted by Gasteiger charge is 2.23. The van der Waals surface area contributed by atoms with E-state index in [1.165, 1.54) is 0 Å². The molecule has 0 unspecified atom stereocenters. The van der Waals surface area contributed by atoms with E-state index in [0.717, 1.165) is 35.7 Å². The zero-order valence-electron chi connectivity index (χ0n) is 14.7. The first-order valence-corrected chi connectivity index (χ1v) is 8.88. The number of carbonyl (C=O) groups excluding carboxylic acids is 1. The SMILES string of the molecule is O=C(Nc1ccc(Nc2ccc(Oc3ccccc3)cc2)cn1)NC1CC1. The molecule has 3 N–H and O–H groups in total. The van der Waals surface area contributed by atoms with Crippen molar-refractivity contribution in [2.45, 2.75) is 18.9 Å². The number of aromatic nitrogens is 1. The lowest BCUT2D eigenvalue weighted by Gasteiger charge is -2.10. The van der Waals surface area contributed by atoms with Gasteiger partial charge in [-0.15, -0.1) is 0 Å². The largest absolute Gasteiger partial charge is 0.457 e. The number of nitrogens with zero attached hydrogens (tertiary/aromatic N) is 1. The molecule has 1 heterocycles. The number of hydrogen-bond acceptors (Lipinski definition) is 4. The molecule has 2 aromatic carbocycles. The summed E-state index contributed by atoms with van der Waals surface area (Å²) < 4.78 is 5.78. The summed E-state index contributed by atoms with van der Waals surface area (Å²) in [6.45, 7) is 0. The molecule has 0 saturated heterocycles. The number of amides is 2. The van der Waals surface area contributed by atoms with E-state index in [1.807, 2.05) is 60.7 Å². The second kappa shape index (κ2) is 7.78. The monoisotopic (exact) mass is 360 g/mol. The Hall–Kier alpha value is -3.54. The summed E-state index contributed by atoms with van der Waals surface area (Å²) in [4.78, 5) is 16.0. The maximum absolute atomic E-state index is 11.7. The number of anilines is 3. The molecule has 1 fully saturated rings. The highest BCUT2D eigenvalue weighted by Crippen LogP contribution is 2.24. The van der Waals surface area contributed by atoms with Crippen LogP contribution in [0.25, 0.3) is 0 Å².